The van der Waals surface area contributed by atoms with Gasteiger partial charge in [-0.05, 0) is 6.92 Å². The first-order valence-electron chi connectivity index (χ1n) is 2.33. The quantitative estimate of drug-likeness (QED) is 0.470. The lowest BCUT2D eigenvalue weighted by molar-refractivity contribution is -0.112. The predicted molar refractivity (Wildman–Crippen MR) is 32.0 cm³/mol. The van der Waals surface area contributed by atoms with Crippen LogP contribution in [0.2, 0.25) is 0 Å². The van der Waals surface area contributed by atoms with Crippen molar-refractivity contribution in [3.63, 3.8) is 0 Å². The second kappa shape index (κ2) is 3.21. The molecular weight excluding hydrogens is 104 g/mol. The van der Waals surface area contributed by atoms with Gasteiger partial charge in [-0.15, -0.1) is 0 Å². The summed E-state index contributed by atoms with van der Waals surface area (Å²) in [7, 11) is 0. The SMILES string of the molecule is CC(=O)C=C(N)CN. The van der Waals surface area contributed by atoms with E-state index in [-0.39, 0.29) is 12.3 Å². The van der Waals surface area contributed by atoms with Crippen molar-refractivity contribution in [2.24, 2.45) is 11.5 Å². The molecule has 0 aliphatic rings. The Morgan fingerprint density at radius 3 is 2.38 bits per heavy atom. The van der Waals surface area contributed by atoms with E-state index in [9.17, 15) is 4.79 Å². The van der Waals surface area contributed by atoms with E-state index in [2.05, 4.69) is 0 Å². The molecule has 4 N–H and O–H groups in total. The third-order valence-electron chi connectivity index (χ3n) is 0.624. The highest BCUT2D eigenvalue weighted by Gasteiger charge is 1.86. The fourth-order valence-electron chi connectivity index (χ4n) is 0.320. The largest absolute Gasteiger partial charge is 0.401 e. The number of nitrogens with two attached hydrogens (primary N) is 2. The van der Waals surface area contributed by atoms with Gasteiger partial charge in [0.25, 0.3) is 0 Å². The minimum Gasteiger partial charge on any atom is -0.401 e. The van der Waals surface area contributed by atoms with E-state index in [0.717, 1.165) is 0 Å². The van der Waals surface area contributed by atoms with Crippen LogP contribution < -0.4 is 11.5 Å². The highest BCUT2D eigenvalue weighted by molar-refractivity contribution is 5.87. The van der Waals surface area contributed by atoms with Gasteiger partial charge < -0.3 is 11.5 Å². The summed E-state index contributed by atoms with van der Waals surface area (Å²) in [6.45, 7) is 1.68. The number of ketones is 1. The maximum absolute atomic E-state index is 10.2. The molecule has 0 aliphatic heterocycles. The van der Waals surface area contributed by atoms with E-state index in [4.69, 9.17) is 11.5 Å². The summed E-state index contributed by atoms with van der Waals surface area (Å²) in [5, 5.41) is 0. The summed E-state index contributed by atoms with van der Waals surface area (Å²) in [6.07, 6.45) is 1.32. The maximum Gasteiger partial charge on any atom is 0.154 e. The first-order chi connectivity index (χ1) is 3.66. The summed E-state index contributed by atoms with van der Waals surface area (Å²) < 4.78 is 0. The Hall–Kier alpha value is -0.830. The van der Waals surface area contributed by atoms with Crippen LogP contribution in [0.5, 0.6) is 0 Å². The Labute approximate surface area is 48.4 Å². The fourth-order valence-corrected chi connectivity index (χ4v) is 0.320. The molecule has 0 aromatic rings. The third kappa shape index (κ3) is 3.36. The molecule has 0 unspecified atom stereocenters. The second-order valence-corrected chi connectivity index (χ2v) is 1.53. The average Bonchev–Trinajstić information content (AvgIpc) is 1.65. The molecule has 0 fully saturated rings. The number of carbonyl (C=O) groups is 1. The van der Waals surface area contributed by atoms with Gasteiger partial charge in [0, 0.05) is 18.3 Å². The van der Waals surface area contributed by atoms with Crippen molar-refractivity contribution in [1.29, 1.82) is 0 Å². The molecule has 0 aliphatic carbocycles. The van der Waals surface area contributed by atoms with Crippen molar-refractivity contribution in [1.82, 2.24) is 0 Å². The van der Waals surface area contributed by atoms with E-state index >= 15 is 0 Å². The molecule has 3 heteroatoms. The average molecular weight is 114 g/mol. The minimum atomic E-state index is -0.0621. The lowest BCUT2D eigenvalue weighted by atomic mass is 10.3. The van der Waals surface area contributed by atoms with Crippen LogP contribution in [-0.2, 0) is 4.79 Å². The van der Waals surface area contributed by atoms with Gasteiger partial charge in [0.1, 0.15) is 0 Å². The molecule has 0 saturated heterocycles. The molecule has 8 heavy (non-hydrogen) atoms. The maximum atomic E-state index is 10.2. The number of carbonyl (C=O) groups excluding carboxylic acids is 1. The monoisotopic (exact) mass is 114 g/mol. The van der Waals surface area contributed by atoms with Crippen LogP contribution in [0.25, 0.3) is 0 Å². The van der Waals surface area contributed by atoms with E-state index in [1.165, 1.54) is 13.0 Å². The van der Waals surface area contributed by atoms with Crippen LogP contribution in [0.1, 0.15) is 6.92 Å². The van der Waals surface area contributed by atoms with E-state index < -0.39 is 0 Å². The zero-order chi connectivity index (χ0) is 6.57. The molecule has 0 atom stereocenters. The first kappa shape index (κ1) is 7.17. The molecular formula is C5H10N2O. The Morgan fingerprint density at radius 1 is 1.75 bits per heavy atom. The van der Waals surface area contributed by atoms with E-state index in [1.807, 2.05) is 0 Å². The number of hydrogen-bond donors (Lipinski definition) is 2. The first-order valence-corrected chi connectivity index (χ1v) is 2.33. The minimum absolute atomic E-state index is 0.0621. The Kier molecular flexibility index (Phi) is 2.88. The van der Waals surface area contributed by atoms with Crippen molar-refractivity contribution in [2.75, 3.05) is 6.54 Å². The molecule has 0 amide bonds. The molecule has 0 radical (unpaired) electrons. The molecule has 0 saturated carbocycles. The Morgan fingerprint density at radius 2 is 2.25 bits per heavy atom. The standard InChI is InChI=1S/C5H10N2O/c1-4(8)2-5(7)3-6/h2H,3,6-7H2,1H3. The van der Waals surface area contributed by atoms with E-state index in [0.29, 0.717) is 5.70 Å². The van der Waals surface area contributed by atoms with Gasteiger partial charge in [-0.3, -0.25) is 4.79 Å². The molecule has 0 aromatic carbocycles. The Bertz CT molecular complexity index is 118. The van der Waals surface area contributed by atoms with E-state index in [1.54, 1.807) is 0 Å². The van der Waals surface area contributed by atoms with Crippen LogP contribution in [0.3, 0.4) is 0 Å². The summed E-state index contributed by atoms with van der Waals surface area (Å²) in [5.41, 5.74) is 10.7. The summed E-state index contributed by atoms with van der Waals surface area (Å²) >= 11 is 0. The van der Waals surface area contributed by atoms with Crippen molar-refractivity contribution in [3.05, 3.63) is 11.8 Å². The van der Waals surface area contributed by atoms with Gasteiger partial charge in [-0.1, -0.05) is 0 Å². The lowest BCUT2D eigenvalue weighted by Gasteiger charge is -1.89. The number of hydrogen-bond acceptors (Lipinski definition) is 3. The van der Waals surface area contributed by atoms with Gasteiger partial charge in [0.2, 0.25) is 0 Å². The number of allylic oxidation sites excluding steroid dienone is 1. The van der Waals surface area contributed by atoms with Gasteiger partial charge in [0.05, 0.1) is 0 Å². The smallest absolute Gasteiger partial charge is 0.154 e. The normalized spacial score (nSPS) is 11.5. The molecule has 0 aromatic heterocycles. The number of rotatable bonds is 2. The second-order valence-electron chi connectivity index (χ2n) is 1.53. The highest BCUT2D eigenvalue weighted by Crippen LogP contribution is 1.78. The van der Waals surface area contributed by atoms with Crippen molar-refractivity contribution in [3.8, 4) is 0 Å². The highest BCUT2D eigenvalue weighted by atomic mass is 16.1. The van der Waals surface area contributed by atoms with Gasteiger partial charge >= 0.3 is 0 Å². The summed E-state index contributed by atoms with van der Waals surface area (Å²) in [4.78, 5) is 10.2. The lowest BCUT2D eigenvalue weighted by Crippen LogP contribution is -2.11. The van der Waals surface area contributed by atoms with Crippen molar-refractivity contribution >= 4 is 5.78 Å². The Balaban J connectivity index is 3.75. The zero-order valence-corrected chi connectivity index (χ0v) is 4.85. The molecule has 0 heterocycles. The van der Waals surface area contributed by atoms with Gasteiger partial charge in [0.15, 0.2) is 5.78 Å². The molecule has 3 nitrogen and oxygen atoms in total. The molecule has 0 spiro atoms. The predicted octanol–water partition coefficient (Wildman–Crippen LogP) is -0.623. The van der Waals surface area contributed by atoms with Crippen LogP contribution in [0.4, 0.5) is 0 Å². The van der Waals surface area contributed by atoms with Crippen molar-refractivity contribution < 1.29 is 4.79 Å². The zero-order valence-electron chi connectivity index (χ0n) is 4.85. The third-order valence-corrected chi connectivity index (χ3v) is 0.624. The fraction of sp³-hybridized carbons (Fsp3) is 0.400. The summed E-state index contributed by atoms with van der Waals surface area (Å²) in [5.74, 6) is -0.0621. The van der Waals surface area contributed by atoms with Gasteiger partial charge in [-0.25, -0.2) is 0 Å². The van der Waals surface area contributed by atoms with Crippen LogP contribution in [0.15, 0.2) is 11.8 Å². The summed E-state index contributed by atoms with van der Waals surface area (Å²) in [6, 6.07) is 0. The molecule has 46 valence electrons. The van der Waals surface area contributed by atoms with Crippen LogP contribution >= 0.6 is 0 Å². The van der Waals surface area contributed by atoms with Crippen LogP contribution in [-0.4, -0.2) is 12.3 Å². The molecule has 0 bridgehead atoms. The topological polar surface area (TPSA) is 69.1 Å². The van der Waals surface area contributed by atoms with Gasteiger partial charge in [-0.2, -0.15) is 0 Å². The molecule has 0 rings (SSSR count). The van der Waals surface area contributed by atoms with Crippen molar-refractivity contribution in [2.45, 2.75) is 6.92 Å². The van der Waals surface area contributed by atoms with Crippen LogP contribution in [0, 0.1) is 0 Å².